The third-order valence-corrected chi connectivity index (χ3v) is 3.89. The molecule has 1 fully saturated rings. The zero-order chi connectivity index (χ0) is 14.8. The minimum Gasteiger partial charge on any atom is -0.310 e. The largest absolute Gasteiger partial charge is 0.310 e. The number of nitrogens with zero attached hydrogens (tertiary/aromatic N) is 2. The molecular weight excluding hydrogens is 265 g/mol. The van der Waals surface area contributed by atoms with Crippen molar-refractivity contribution < 1.29 is 4.39 Å². The van der Waals surface area contributed by atoms with Crippen LogP contribution in [-0.4, -0.2) is 16.0 Å². The molecule has 0 saturated heterocycles. The van der Waals surface area contributed by atoms with Crippen LogP contribution in [0.15, 0.2) is 24.3 Å². The zero-order valence-corrected chi connectivity index (χ0v) is 12.5. The van der Waals surface area contributed by atoms with E-state index in [1.165, 1.54) is 30.5 Å². The van der Waals surface area contributed by atoms with Gasteiger partial charge in [0.2, 0.25) is 0 Å². The molecule has 4 heteroatoms. The second-order valence-corrected chi connectivity index (χ2v) is 5.75. The van der Waals surface area contributed by atoms with Crippen LogP contribution in [0.25, 0.3) is 0 Å². The van der Waals surface area contributed by atoms with E-state index in [0.717, 1.165) is 29.3 Å². The van der Waals surface area contributed by atoms with E-state index in [-0.39, 0.29) is 5.82 Å². The lowest BCUT2D eigenvalue weighted by atomic mass is 10.1. The number of hydrogen-bond acceptors (Lipinski definition) is 3. The summed E-state index contributed by atoms with van der Waals surface area (Å²) in [6, 6.07) is 7.20. The number of benzene rings is 1. The summed E-state index contributed by atoms with van der Waals surface area (Å²) in [5.74, 6) is 0.584. The van der Waals surface area contributed by atoms with Crippen molar-refractivity contribution in [3.63, 3.8) is 0 Å². The van der Waals surface area contributed by atoms with Crippen molar-refractivity contribution in [1.29, 1.82) is 0 Å². The highest BCUT2D eigenvalue weighted by Crippen LogP contribution is 2.20. The number of hydrogen-bond donors (Lipinski definition) is 1. The summed E-state index contributed by atoms with van der Waals surface area (Å²) < 4.78 is 12.9. The third-order valence-electron chi connectivity index (χ3n) is 3.89. The number of aromatic nitrogens is 2. The van der Waals surface area contributed by atoms with Crippen molar-refractivity contribution in [2.45, 2.75) is 45.7 Å². The maximum absolute atomic E-state index is 12.9. The first-order chi connectivity index (χ1) is 10.1. The summed E-state index contributed by atoms with van der Waals surface area (Å²) in [5, 5.41) is 3.51. The summed E-state index contributed by atoms with van der Waals surface area (Å²) in [5.41, 5.74) is 4.30. The molecule has 0 radical (unpaired) electrons. The molecule has 1 saturated carbocycles. The Morgan fingerprint density at radius 2 is 1.71 bits per heavy atom. The van der Waals surface area contributed by atoms with Crippen LogP contribution >= 0.6 is 0 Å². The Morgan fingerprint density at radius 3 is 2.29 bits per heavy atom. The first-order valence-electron chi connectivity index (χ1n) is 7.42. The van der Waals surface area contributed by atoms with E-state index >= 15 is 0 Å². The zero-order valence-electron chi connectivity index (χ0n) is 12.5. The van der Waals surface area contributed by atoms with Gasteiger partial charge in [0.25, 0.3) is 0 Å². The van der Waals surface area contributed by atoms with Gasteiger partial charge >= 0.3 is 0 Å². The average Bonchev–Trinajstić information content (AvgIpc) is 3.25. The SMILES string of the molecule is Cc1nc(Cc2ccc(F)cc2)nc(C)c1CNC1CC1. The molecular formula is C17H20FN3. The predicted octanol–water partition coefficient (Wildman–Crippen LogP) is 3.08. The maximum Gasteiger partial charge on any atom is 0.133 e. The fourth-order valence-corrected chi connectivity index (χ4v) is 2.46. The second kappa shape index (κ2) is 5.90. The number of halogens is 1. The van der Waals surface area contributed by atoms with Crippen LogP contribution in [0.3, 0.4) is 0 Å². The lowest BCUT2D eigenvalue weighted by molar-refractivity contribution is 0.627. The molecule has 0 spiro atoms. The summed E-state index contributed by atoms with van der Waals surface area (Å²) in [6.45, 7) is 4.92. The van der Waals surface area contributed by atoms with Crippen molar-refractivity contribution in [1.82, 2.24) is 15.3 Å². The molecule has 0 bridgehead atoms. The quantitative estimate of drug-likeness (QED) is 0.917. The molecule has 110 valence electrons. The highest BCUT2D eigenvalue weighted by molar-refractivity contribution is 5.27. The lowest BCUT2D eigenvalue weighted by Crippen LogP contribution is -2.18. The molecule has 21 heavy (non-hydrogen) atoms. The minimum atomic E-state index is -0.214. The van der Waals surface area contributed by atoms with Gasteiger partial charge in [0.05, 0.1) is 0 Å². The molecule has 1 heterocycles. The summed E-state index contributed by atoms with van der Waals surface area (Å²) in [6.07, 6.45) is 3.20. The Bertz CT molecular complexity index is 610. The van der Waals surface area contributed by atoms with Gasteiger partial charge in [-0.15, -0.1) is 0 Å². The molecule has 0 amide bonds. The molecule has 0 aliphatic heterocycles. The highest BCUT2D eigenvalue weighted by atomic mass is 19.1. The monoisotopic (exact) mass is 285 g/mol. The molecule has 1 aromatic carbocycles. The Balaban J connectivity index is 1.75. The Labute approximate surface area is 124 Å². The molecule has 3 nitrogen and oxygen atoms in total. The Morgan fingerprint density at radius 1 is 1.10 bits per heavy atom. The van der Waals surface area contributed by atoms with Crippen LogP contribution in [0.5, 0.6) is 0 Å². The van der Waals surface area contributed by atoms with Crippen LogP contribution in [0.2, 0.25) is 0 Å². The van der Waals surface area contributed by atoms with Crippen LogP contribution in [0, 0.1) is 19.7 Å². The highest BCUT2D eigenvalue weighted by Gasteiger charge is 2.21. The summed E-state index contributed by atoms with van der Waals surface area (Å²) in [7, 11) is 0. The van der Waals surface area contributed by atoms with Gasteiger partial charge in [0, 0.05) is 36.0 Å². The first-order valence-corrected chi connectivity index (χ1v) is 7.42. The Hall–Kier alpha value is -1.81. The smallest absolute Gasteiger partial charge is 0.133 e. The molecule has 0 unspecified atom stereocenters. The maximum atomic E-state index is 12.9. The molecule has 2 aromatic rings. The van der Waals surface area contributed by atoms with E-state index in [9.17, 15) is 4.39 Å². The van der Waals surface area contributed by atoms with Gasteiger partial charge in [-0.2, -0.15) is 0 Å². The number of aryl methyl sites for hydroxylation is 2. The van der Waals surface area contributed by atoms with Crippen molar-refractivity contribution in [3.05, 3.63) is 58.4 Å². The molecule has 1 aromatic heterocycles. The second-order valence-electron chi connectivity index (χ2n) is 5.75. The summed E-state index contributed by atoms with van der Waals surface area (Å²) in [4.78, 5) is 9.21. The topological polar surface area (TPSA) is 37.8 Å². The van der Waals surface area contributed by atoms with Crippen molar-refractivity contribution in [2.24, 2.45) is 0 Å². The predicted molar refractivity (Wildman–Crippen MR) is 80.6 cm³/mol. The van der Waals surface area contributed by atoms with E-state index in [1.807, 2.05) is 13.8 Å². The van der Waals surface area contributed by atoms with Gasteiger partial charge in [0.1, 0.15) is 11.6 Å². The van der Waals surface area contributed by atoms with E-state index in [0.29, 0.717) is 12.5 Å². The first kappa shape index (κ1) is 14.1. The third kappa shape index (κ3) is 3.64. The minimum absolute atomic E-state index is 0.214. The fraction of sp³-hybridized carbons (Fsp3) is 0.412. The standard InChI is InChI=1S/C17H20FN3/c1-11-16(10-19-15-7-8-15)12(2)21-17(20-11)9-13-3-5-14(18)6-4-13/h3-6,15,19H,7-10H2,1-2H3. The average molecular weight is 285 g/mol. The van der Waals surface area contributed by atoms with E-state index in [1.54, 1.807) is 12.1 Å². The van der Waals surface area contributed by atoms with Gasteiger partial charge in [-0.05, 0) is 44.4 Å². The van der Waals surface area contributed by atoms with Gasteiger partial charge in [-0.25, -0.2) is 14.4 Å². The molecule has 3 rings (SSSR count). The van der Waals surface area contributed by atoms with Gasteiger partial charge < -0.3 is 5.32 Å². The molecule has 1 aliphatic rings. The van der Waals surface area contributed by atoms with Crippen molar-refractivity contribution >= 4 is 0 Å². The van der Waals surface area contributed by atoms with Gasteiger partial charge in [-0.1, -0.05) is 12.1 Å². The normalized spacial score (nSPS) is 14.4. The van der Waals surface area contributed by atoms with E-state index < -0.39 is 0 Å². The molecule has 1 aliphatic carbocycles. The van der Waals surface area contributed by atoms with Crippen LogP contribution in [-0.2, 0) is 13.0 Å². The lowest BCUT2D eigenvalue weighted by Gasteiger charge is -2.11. The van der Waals surface area contributed by atoms with Crippen molar-refractivity contribution in [2.75, 3.05) is 0 Å². The van der Waals surface area contributed by atoms with Crippen LogP contribution < -0.4 is 5.32 Å². The van der Waals surface area contributed by atoms with E-state index in [4.69, 9.17) is 0 Å². The van der Waals surface area contributed by atoms with Crippen LogP contribution in [0.4, 0.5) is 4.39 Å². The van der Waals surface area contributed by atoms with Gasteiger partial charge in [0.15, 0.2) is 0 Å². The van der Waals surface area contributed by atoms with E-state index in [2.05, 4.69) is 15.3 Å². The van der Waals surface area contributed by atoms with Gasteiger partial charge in [-0.3, -0.25) is 0 Å². The number of rotatable bonds is 5. The number of nitrogens with one attached hydrogen (secondary N) is 1. The molecule has 1 N–H and O–H groups in total. The Kier molecular flexibility index (Phi) is 3.97. The van der Waals surface area contributed by atoms with Crippen LogP contribution in [0.1, 0.15) is 41.2 Å². The van der Waals surface area contributed by atoms with Crippen molar-refractivity contribution in [3.8, 4) is 0 Å². The summed E-state index contributed by atoms with van der Waals surface area (Å²) >= 11 is 0. The fourth-order valence-electron chi connectivity index (χ4n) is 2.46. The molecule has 0 atom stereocenters.